The minimum atomic E-state index is -0.401. The molecule has 0 bridgehead atoms. The van der Waals surface area contributed by atoms with Crippen LogP contribution in [-0.4, -0.2) is 6.21 Å². The highest BCUT2D eigenvalue weighted by molar-refractivity contribution is 5.84. The highest BCUT2D eigenvalue weighted by atomic mass is 19.1. The zero-order valence-electron chi connectivity index (χ0n) is 12.3. The summed E-state index contributed by atoms with van der Waals surface area (Å²) >= 11 is 0. The first-order valence-electron chi connectivity index (χ1n) is 7.18. The number of nitrogens with one attached hydrogen (secondary N) is 1. The molecule has 0 unspecified atom stereocenters. The van der Waals surface area contributed by atoms with E-state index in [0.717, 1.165) is 11.3 Å². The summed E-state index contributed by atoms with van der Waals surface area (Å²) < 4.78 is 19.4. The minimum absolute atomic E-state index is 0.185. The molecule has 0 aliphatic heterocycles. The highest BCUT2D eigenvalue weighted by Crippen LogP contribution is 2.26. The van der Waals surface area contributed by atoms with Crippen LogP contribution in [0.15, 0.2) is 84.0 Å². The predicted octanol–water partition coefficient (Wildman–Crippen LogP) is 5.06. The van der Waals surface area contributed by atoms with Crippen LogP contribution < -0.4 is 10.2 Å². The molecule has 3 nitrogen and oxygen atoms in total. The van der Waals surface area contributed by atoms with E-state index in [-0.39, 0.29) is 5.75 Å². The maximum absolute atomic E-state index is 13.7. The molecule has 3 aromatic rings. The number of halogens is 1. The molecule has 0 atom stereocenters. The van der Waals surface area contributed by atoms with Crippen molar-refractivity contribution < 1.29 is 9.13 Å². The van der Waals surface area contributed by atoms with E-state index in [4.69, 9.17) is 4.74 Å². The number of rotatable bonds is 5. The van der Waals surface area contributed by atoms with Crippen molar-refractivity contribution in [2.45, 2.75) is 0 Å². The van der Waals surface area contributed by atoms with Crippen LogP contribution in [0, 0.1) is 5.82 Å². The number of benzene rings is 3. The van der Waals surface area contributed by atoms with Crippen LogP contribution in [0.2, 0.25) is 0 Å². The van der Waals surface area contributed by atoms with Gasteiger partial charge in [-0.2, -0.15) is 5.10 Å². The second kappa shape index (κ2) is 7.22. The van der Waals surface area contributed by atoms with Crippen molar-refractivity contribution in [1.29, 1.82) is 0 Å². The molecule has 0 heterocycles. The summed E-state index contributed by atoms with van der Waals surface area (Å²) in [7, 11) is 0. The fourth-order valence-electron chi connectivity index (χ4n) is 2.02. The number of nitrogens with zero attached hydrogens (tertiary/aromatic N) is 1. The second-order valence-corrected chi connectivity index (χ2v) is 4.81. The number of para-hydroxylation sites is 3. The van der Waals surface area contributed by atoms with Gasteiger partial charge in [0, 0.05) is 5.56 Å². The largest absolute Gasteiger partial charge is 0.454 e. The molecule has 4 heteroatoms. The average molecular weight is 306 g/mol. The Labute approximate surface area is 134 Å². The Morgan fingerprint density at radius 2 is 1.43 bits per heavy atom. The van der Waals surface area contributed by atoms with Crippen LogP contribution in [0.4, 0.5) is 10.1 Å². The van der Waals surface area contributed by atoms with Crippen molar-refractivity contribution in [3.05, 3.63) is 90.2 Å². The van der Waals surface area contributed by atoms with Gasteiger partial charge in [0.05, 0.1) is 11.9 Å². The lowest BCUT2D eigenvalue weighted by molar-refractivity contribution is 0.442. The van der Waals surface area contributed by atoms with Gasteiger partial charge in [0.1, 0.15) is 5.75 Å². The van der Waals surface area contributed by atoms with E-state index >= 15 is 0 Å². The summed E-state index contributed by atoms with van der Waals surface area (Å²) in [6.45, 7) is 0. The lowest BCUT2D eigenvalue weighted by Gasteiger charge is -2.09. The molecule has 3 aromatic carbocycles. The van der Waals surface area contributed by atoms with Crippen molar-refractivity contribution in [1.82, 2.24) is 0 Å². The molecule has 0 radical (unpaired) electrons. The Kier molecular flexibility index (Phi) is 4.64. The fraction of sp³-hybridized carbons (Fsp3) is 0. The number of hydrogen-bond acceptors (Lipinski definition) is 3. The van der Waals surface area contributed by atoms with Crippen molar-refractivity contribution in [3.63, 3.8) is 0 Å². The first-order valence-corrected chi connectivity index (χ1v) is 7.18. The summed E-state index contributed by atoms with van der Waals surface area (Å²) in [5, 5.41) is 4.19. The van der Waals surface area contributed by atoms with Gasteiger partial charge >= 0.3 is 0 Å². The SMILES string of the molecule is Fc1ccccc1Oc1ccccc1C=NNc1ccccc1. The summed E-state index contributed by atoms with van der Waals surface area (Å²) in [5.41, 5.74) is 4.57. The van der Waals surface area contributed by atoms with Gasteiger partial charge in [-0.15, -0.1) is 0 Å². The van der Waals surface area contributed by atoms with Gasteiger partial charge in [-0.05, 0) is 36.4 Å². The average Bonchev–Trinajstić information content (AvgIpc) is 2.59. The summed E-state index contributed by atoms with van der Waals surface area (Å²) in [6.07, 6.45) is 1.64. The molecule has 1 N–H and O–H groups in total. The minimum Gasteiger partial charge on any atom is -0.454 e. The van der Waals surface area contributed by atoms with Gasteiger partial charge in [-0.3, -0.25) is 5.43 Å². The molecule has 0 amide bonds. The molecule has 3 rings (SSSR count). The number of ether oxygens (including phenoxy) is 1. The third-order valence-electron chi connectivity index (χ3n) is 3.15. The Morgan fingerprint density at radius 1 is 0.783 bits per heavy atom. The van der Waals surface area contributed by atoms with E-state index in [1.54, 1.807) is 30.5 Å². The standard InChI is InChI=1S/C19H15FN2O/c20-17-11-5-7-13-19(17)23-18-12-6-4-8-15(18)14-21-22-16-9-2-1-3-10-16/h1-14,22H. The molecule has 114 valence electrons. The summed E-state index contributed by atoms with van der Waals surface area (Å²) in [4.78, 5) is 0. The molecule has 0 spiro atoms. The molecular weight excluding hydrogens is 291 g/mol. The van der Waals surface area contributed by atoms with Crippen LogP contribution in [0.1, 0.15) is 5.56 Å². The monoisotopic (exact) mass is 306 g/mol. The van der Waals surface area contributed by atoms with E-state index in [9.17, 15) is 4.39 Å². The molecular formula is C19H15FN2O. The quantitative estimate of drug-likeness (QED) is 0.528. The Morgan fingerprint density at radius 3 is 2.22 bits per heavy atom. The van der Waals surface area contributed by atoms with Crippen LogP contribution in [0.5, 0.6) is 11.5 Å². The number of anilines is 1. The van der Waals surface area contributed by atoms with Crippen molar-refractivity contribution >= 4 is 11.9 Å². The molecule has 0 aromatic heterocycles. The molecule has 0 aliphatic rings. The summed E-state index contributed by atoms with van der Waals surface area (Å²) in [5.74, 6) is 0.322. The van der Waals surface area contributed by atoms with Gasteiger partial charge < -0.3 is 4.74 Å². The topological polar surface area (TPSA) is 33.6 Å². The first-order chi connectivity index (χ1) is 11.3. The van der Waals surface area contributed by atoms with Crippen molar-refractivity contribution in [2.24, 2.45) is 5.10 Å². The van der Waals surface area contributed by atoms with Crippen molar-refractivity contribution in [2.75, 3.05) is 5.43 Å². The number of hydrazone groups is 1. The van der Waals surface area contributed by atoms with Crippen LogP contribution in [0.3, 0.4) is 0 Å². The maximum atomic E-state index is 13.7. The Hall–Kier alpha value is -3.14. The van der Waals surface area contributed by atoms with Crippen molar-refractivity contribution in [3.8, 4) is 11.5 Å². The van der Waals surface area contributed by atoms with Crippen LogP contribution >= 0.6 is 0 Å². The van der Waals surface area contributed by atoms with E-state index in [1.807, 2.05) is 48.5 Å². The lowest BCUT2D eigenvalue weighted by Crippen LogP contribution is -1.94. The first kappa shape index (κ1) is 14.8. The molecule has 0 saturated heterocycles. The van der Waals surface area contributed by atoms with Crippen LogP contribution in [-0.2, 0) is 0 Å². The molecule has 0 aliphatic carbocycles. The highest BCUT2D eigenvalue weighted by Gasteiger charge is 2.06. The van der Waals surface area contributed by atoms with Gasteiger partial charge in [0.25, 0.3) is 0 Å². The van der Waals surface area contributed by atoms with Gasteiger partial charge in [-0.1, -0.05) is 42.5 Å². The molecule has 0 fully saturated rings. The van der Waals surface area contributed by atoms with Gasteiger partial charge in [-0.25, -0.2) is 4.39 Å². The van der Waals surface area contributed by atoms with Gasteiger partial charge in [0.2, 0.25) is 0 Å². The fourth-order valence-corrected chi connectivity index (χ4v) is 2.02. The smallest absolute Gasteiger partial charge is 0.165 e. The number of hydrogen-bond donors (Lipinski definition) is 1. The molecule has 0 saturated carbocycles. The normalized spacial score (nSPS) is 10.7. The van der Waals surface area contributed by atoms with E-state index in [0.29, 0.717) is 5.75 Å². The van der Waals surface area contributed by atoms with Crippen LogP contribution in [0.25, 0.3) is 0 Å². The zero-order valence-corrected chi connectivity index (χ0v) is 12.3. The van der Waals surface area contributed by atoms with E-state index in [1.165, 1.54) is 6.07 Å². The Balaban J connectivity index is 1.77. The third-order valence-corrected chi connectivity index (χ3v) is 3.15. The molecule has 23 heavy (non-hydrogen) atoms. The lowest BCUT2D eigenvalue weighted by atomic mass is 10.2. The predicted molar refractivity (Wildman–Crippen MR) is 90.6 cm³/mol. The Bertz CT molecular complexity index is 803. The van der Waals surface area contributed by atoms with E-state index < -0.39 is 5.82 Å². The third kappa shape index (κ3) is 3.95. The zero-order chi connectivity index (χ0) is 15.9. The summed E-state index contributed by atoms with van der Waals surface area (Å²) in [6, 6.07) is 23.3. The van der Waals surface area contributed by atoms with Gasteiger partial charge in [0.15, 0.2) is 11.6 Å². The van der Waals surface area contributed by atoms with E-state index in [2.05, 4.69) is 10.5 Å². The second-order valence-electron chi connectivity index (χ2n) is 4.81. The maximum Gasteiger partial charge on any atom is 0.165 e.